The number of ether oxygens (including phenoxy) is 1. The summed E-state index contributed by atoms with van der Waals surface area (Å²) in [6, 6.07) is 6.94. The van der Waals surface area contributed by atoms with Gasteiger partial charge in [-0.1, -0.05) is 0 Å². The standard InChI is InChI=1S/C28H31F4N3O4/c1-39-18-4-5-23-19(15-18)25(22(31)16-33-23)24(36)6-7-28(27(37)34-38)8-11-35(12-9-28)10-2-3-17-13-20(29)26(32)21(30)14-17/h4-5,13-16,24,36,38H,2-3,6-12H2,1H3,(H,34,37). The second kappa shape index (κ2) is 12.3. The summed E-state index contributed by atoms with van der Waals surface area (Å²) in [7, 11) is 1.48. The topological polar surface area (TPSA) is 94.9 Å². The number of amides is 1. The number of carbonyl (C=O) groups is 1. The highest BCUT2D eigenvalue weighted by atomic mass is 19.2. The Kier molecular flexibility index (Phi) is 9.04. The molecule has 1 amide bonds. The zero-order valence-electron chi connectivity index (χ0n) is 21.5. The quantitative estimate of drug-likeness (QED) is 0.145. The third-order valence-electron chi connectivity index (χ3n) is 7.68. The number of hydroxylamine groups is 1. The van der Waals surface area contributed by atoms with E-state index in [9.17, 15) is 32.7 Å². The van der Waals surface area contributed by atoms with Gasteiger partial charge in [0.25, 0.3) is 0 Å². The van der Waals surface area contributed by atoms with Crippen LogP contribution in [0.1, 0.15) is 49.3 Å². The molecule has 1 fully saturated rings. The van der Waals surface area contributed by atoms with Crippen LogP contribution in [0.4, 0.5) is 17.6 Å². The normalized spacial score (nSPS) is 16.3. The summed E-state index contributed by atoms with van der Waals surface area (Å²) >= 11 is 0. The number of aliphatic hydroxyl groups is 1. The zero-order chi connectivity index (χ0) is 28.2. The Morgan fingerprint density at radius 3 is 2.46 bits per heavy atom. The van der Waals surface area contributed by atoms with E-state index in [1.165, 1.54) is 7.11 Å². The molecule has 1 aliphatic rings. The SMILES string of the molecule is COc1ccc2ncc(F)c(C(O)CCC3(C(=O)NO)CCN(CCCc4cc(F)c(F)c(F)c4)CC3)c2c1. The van der Waals surface area contributed by atoms with Gasteiger partial charge in [0.1, 0.15) is 11.6 Å². The van der Waals surface area contributed by atoms with Gasteiger partial charge in [0.05, 0.1) is 30.3 Å². The van der Waals surface area contributed by atoms with Crippen molar-refractivity contribution in [3.63, 3.8) is 0 Å². The van der Waals surface area contributed by atoms with Crippen LogP contribution in [0.15, 0.2) is 36.5 Å². The number of nitrogens with one attached hydrogen (secondary N) is 1. The summed E-state index contributed by atoms with van der Waals surface area (Å²) in [5.74, 6) is -4.67. The maximum Gasteiger partial charge on any atom is 0.249 e. The predicted molar refractivity (Wildman–Crippen MR) is 135 cm³/mol. The molecule has 4 rings (SSSR count). The Hall–Kier alpha value is -3.28. The monoisotopic (exact) mass is 549 g/mol. The van der Waals surface area contributed by atoms with Gasteiger partial charge in [-0.15, -0.1) is 0 Å². The fourth-order valence-corrected chi connectivity index (χ4v) is 5.36. The number of hydrogen-bond donors (Lipinski definition) is 3. The van der Waals surface area contributed by atoms with E-state index in [-0.39, 0.29) is 18.4 Å². The second-order valence-electron chi connectivity index (χ2n) is 10.00. The summed E-state index contributed by atoms with van der Waals surface area (Å²) in [6.07, 6.45) is 1.81. The highest BCUT2D eigenvalue weighted by Crippen LogP contribution is 2.40. The molecule has 0 bridgehead atoms. The van der Waals surface area contributed by atoms with Crippen LogP contribution in [-0.4, -0.2) is 52.8 Å². The molecule has 0 aliphatic carbocycles. The number of benzene rings is 2. The molecule has 7 nitrogen and oxygen atoms in total. The van der Waals surface area contributed by atoms with Crippen molar-refractivity contribution in [2.45, 2.75) is 44.6 Å². The largest absolute Gasteiger partial charge is 0.497 e. The molecule has 1 saturated heterocycles. The van der Waals surface area contributed by atoms with Crippen LogP contribution in [0, 0.1) is 28.7 Å². The molecule has 0 saturated carbocycles. The highest BCUT2D eigenvalue weighted by molar-refractivity contribution is 5.84. The van der Waals surface area contributed by atoms with Crippen LogP contribution in [0.2, 0.25) is 0 Å². The van der Waals surface area contributed by atoms with Crippen molar-refractivity contribution in [3.05, 3.63) is 70.9 Å². The molecule has 1 atom stereocenters. The maximum absolute atomic E-state index is 14.8. The first-order valence-electron chi connectivity index (χ1n) is 12.8. The number of fused-ring (bicyclic) bond motifs is 1. The maximum atomic E-state index is 14.8. The summed E-state index contributed by atoms with van der Waals surface area (Å²) in [4.78, 5) is 18.9. The van der Waals surface area contributed by atoms with Crippen LogP contribution in [-0.2, 0) is 11.2 Å². The lowest BCUT2D eigenvalue weighted by molar-refractivity contribution is -0.143. The van der Waals surface area contributed by atoms with E-state index in [2.05, 4.69) is 9.88 Å². The fourth-order valence-electron chi connectivity index (χ4n) is 5.36. The van der Waals surface area contributed by atoms with Gasteiger partial charge in [-0.05, 0) is 94.1 Å². The van der Waals surface area contributed by atoms with Crippen molar-refractivity contribution >= 4 is 16.8 Å². The van der Waals surface area contributed by atoms with Crippen molar-refractivity contribution in [1.29, 1.82) is 0 Å². The number of hydrogen-bond acceptors (Lipinski definition) is 6. The van der Waals surface area contributed by atoms with Crippen molar-refractivity contribution in [2.24, 2.45) is 5.41 Å². The molecular formula is C28H31F4N3O4. The van der Waals surface area contributed by atoms with Crippen LogP contribution in [0.3, 0.4) is 0 Å². The molecule has 1 unspecified atom stereocenters. The van der Waals surface area contributed by atoms with Gasteiger partial charge in [-0.25, -0.2) is 23.0 Å². The number of likely N-dealkylation sites (tertiary alicyclic amines) is 1. The van der Waals surface area contributed by atoms with Crippen LogP contribution >= 0.6 is 0 Å². The first-order valence-corrected chi connectivity index (χ1v) is 12.8. The molecule has 2 aromatic carbocycles. The number of methoxy groups -OCH3 is 1. The Morgan fingerprint density at radius 1 is 1.13 bits per heavy atom. The van der Waals surface area contributed by atoms with Crippen molar-refractivity contribution in [2.75, 3.05) is 26.7 Å². The summed E-state index contributed by atoms with van der Waals surface area (Å²) < 4.78 is 60.1. The third-order valence-corrected chi connectivity index (χ3v) is 7.68. The second-order valence-corrected chi connectivity index (χ2v) is 10.00. The Bertz CT molecular complexity index is 1310. The minimum Gasteiger partial charge on any atom is -0.497 e. The van der Waals surface area contributed by atoms with Crippen LogP contribution < -0.4 is 10.2 Å². The molecule has 3 N–H and O–H groups in total. The number of piperidine rings is 1. The zero-order valence-corrected chi connectivity index (χ0v) is 21.5. The lowest BCUT2D eigenvalue weighted by atomic mass is 9.73. The van der Waals surface area contributed by atoms with E-state index in [0.717, 1.165) is 18.3 Å². The average Bonchev–Trinajstić information content (AvgIpc) is 2.94. The van der Waals surface area contributed by atoms with Gasteiger partial charge in [-0.3, -0.25) is 15.0 Å². The molecule has 2 heterocycles. The van der Waals surface area contributed by atoms with Crippen molar-refractivity contribution in [3.8, 4) is 5.75 Å². The Balaban J connectivity index is 1.39. The summed E-state index contributed by atoms with van der Waals surface area (Å²) in [5.41, 5.74) is 1.71. The minimum atomic E-state index is -1.49. The molecule has 11 heteroatoms. The van der Waals surface area contributed by atoms with Gasteiger partial charge in [0, 0.05) is 10.9 Å². The molecule has 210 valence electrons. The van der Waals surface area contributed by atoms with E-state index in [4.69, 9.17) is 4.74 Å². The van der Waals surface area contributed by atoms with Gasteiger partial charge in [0.2, 0.25) is 5.91 Å². The van der Waals surface area contributed by atoms with E-state index in [1.54, 1.807) is 23.7 Å². The summed E-state index contributed by atoms with van der Waals surface area (Å²) in [6.45, 7) is 1.62. The molecule has 0 spiro atoms. The fraction of sp³-hybridized carbons (Fsp3) is 0.429. The molecule has 1 aromatic heterocycles. The first-order chi connectivity index (χ1) is 18.7. The highest BCUT2D eigenvalue weighted by Gasteiger charge is 2.41. The average molecular weight is 550 g/mol. The minimum absolute atomic E-state index is 0.0718. The van der Waals surface area contributed by atoms with Gasteiger partial charge < -0.3 is 14.7 Å². The van der Waals surface area contributed by atoms with Gasteiger partial charge in [0.15, 0.2) is 17.5 Å². The molecule has 0 radical (unpaired) electrons. The van der Waals surface area contributed by atoms with E-state index in [1.807, 2.05) is 0 Å². The van der Waals surface area contributed by atoms with Crippen molar-refractivity contribution < 1.29 is 37.4 Å². The number of aryl methyl sites for hydroxylation is 1. The number of halogens is 4. The summed E-state index contributed by atoms with van der Waals surface area (Å²) in [5, 5.41) is 20.8. The number of nitrogens with zero attached hydrogens (tertiary/aromatic N) is 2. The Labute approximate surface area is 223 Å². The van der Waals surface area contributed by atoms with Crippen LogP contribution in [0.25, 0.3) is 10.9 Å². The molecule has 3 aromatic rings. The van der Waals surface area contributed by atoms with E-state index >= 15 is 0 Å². The van der Waals surface area contributed by atoms with E-state index < -0.39 is 40.7 Å². The molecule has 1 aliphatic heterocycles. The number of aliphatic hydroxyl groups excluding tert-OH is 1. The smallest absolute Gasteiger partial charge is 0.249 e. The molecule has 39 heavy (non-hydrogen) atoms. The lowest BCUT2D eigenvalue weighted by Gasteiger charge is -2.40. The van der Waals surface area contributed by atoms with Gasteiger partial charge >= 0.3 is 0 Å². The number of carbonyl (C=O) groups excluding carboxylic acids is 1. The predicted octanol–water partition coefficient (Wildman–Crippen LogP) is 4.83. The lowest BCUT2D eigenvalue weighted by Crippen LogP contribution is -2.48. The Morgan fingerprint density at radius 2 is 1.82 bits per heavy atom. The third kappa shape index (κ3) is 6.32. The van der Waals surface area contributed by atoms with Gasteiger partial charge in [-0.2, -0.15) is 0 Å². The van der Waals surface area contributed by atoms with Crippen LogP contribution in [0.5, 0.6) is 5.75 Å². The molecular weight excluding hydrogens is 518 g/mol. The number of aromatic nitrogens is 1. The van der Waals surface area contributed by atoms with E-state index in [0.29, 0.717) is 67.5 Å². The van der Waals surface area contributed by atoms with Crippen molar-refractivity contribution in [1.82, 2.24) is 15.4 Å². The number of pyridine rings is 1. The first kappa shape index (κ1) is 28.7. The number of rotatable bonds is 10.